The van der Waals surface area contributed by atoms with Crippen molar-refractivity contribution in [2.24, 2.45) is 11.7 Å². The van der Waals surface area contributed by atoms with Crippen molar-refractivity contribution >= 4 is 22.6 Å². The Hall–Kier alpha value is -2.41. The smallest absolute Gasteiger partial charge is 0.341 e. The molecule has 7 heteroatoms. The number of aromatic carboxylic acids is 1. The van der Waals surface area contributed by atoms with Gasteiger partial charge in [-0.3, -0.25) is 4.79 Å². The van der Waals surface area contributed by atoms with E-state index >= 15 is 4.39 Å². The van der Waals surface area contributed by atoms with Crippen molar-refractivity contribution in [3.8, 4) is 0 Å². The zero-order chi connectivity index (χ0) is 19.9. The molecule has 146 valence electrons. The van der Waals surface area contributed by atoms with E-state index in [0.717, 1.165) is 12.8 Å². The van der Waals surface area contributed by atoms with E-state index < -0.39 is 17.2 Å². The number of pyridine rings is 1. The van der Waals surface area contributed by atoms with Gasteiger partial charge >= 0.3 is 5.97 Å². The molecule has 0 spiro atoms. The van der Waals surface area contributed by atoms with Gasteiger partial charge in [0.2, 0.25) is 5.43 Å². The van der Waals surface area contributed by atoms with Gasteiger partial charge < -0.3 is 20.3 Å². The normalized spacial score (nSPS) is 20.3. The lowest BCUT2D eigenvalue weighted by Crippen LogP contribution is -2.47. The number of hydrogen-bond donors (Lipinski definition) is 2. The van der Waals surface area contributed by atoms with Crippen molar-refractivity contribution in [2.45, 2.75) is 46.2 Å². The summed E-state index contributed by atoms with van der Waals surface area (Å²) in [6.45, 7) is 7.55. The molecule has 1 fully saturated rings. The second-order valence-corrected chi connectivity index (χ2v) is 7.26. The van der Waals surface area contributed by atoms with Gasteiger partial charge in [0.25, 0.3) is 0 Å². The average molecular weight is 375 g/mol. The Morgan fingerprint density at radius 3 is 2.70 bits per heavy atom. The molecule has 2 atom stereocenters. The molecule has 0 radical (unpaired) electrons. The van der Waals surface area contributed by atoms with Crippen LogP contribution in [0.15, 0.2) is 17.1 Å². The number of benzene rings is 1. The summed E-state index contributed by atoms with van der Waals surface area (Å²) in [5, 5.41) is 9.40. The molecule has 3 N–H and O–H groups in total. The number of halogens is 1. The number of aromatic nitrogens is 1. The lowest BCUT2D eigenvalue weighted by atomic mass is 9.90. The molecule has 1 aromatic carbocycles. The molecule has 3 rings (SSSR count). The molecule has 27 heavy (non-hydrogen) atoms. The first-order chi connectivity index (χ1) is 12.8. The van der Waals surface area contributed by atoms with Crippen LogP contribution in [0.25, 0.3) is 10.9 Å². The van der Waals surface area contributed by atoms with Crippen LogP contribution in [0, 0.1) is 18.7 Å². The molecule has 2 unspecified atom stereocenters. The van der Waals surface area contributed by atoms with Gasteiger partial charge in [-0.15, -0.1) is 0 Å². The molecule has 2 heterocycles. The van der Waals surface area contributed by atoms with E-state index in [1.807, 2.05) is 11.8 Å². The summed E-state index contributed by atoms with van der Waals surface area (Å²) in [5.74, 6) is -1.51. The predicted molar refractivity (Wildman–Crippen MR) is 104 cm³/mol. The number of carboxylic acids is 1. The van der Waals surface area contributed by atoms with Gasteiger partial charge in [0.15, 0.2) is 0 Å². The van der Waals surface area contributed by atoms with E-state index in [2.05, 4.69) is 6.92 Å². The molecule has 0 aliphatic carbocycles. The summed E-state index contributed by atoms with van der Waals surface area (Å²) < 4.78 is 16.8. The number of hydrogen-bond acceptors (Lipinski definition) is 4. The van der Waals surface area contributed by atoms with Gasteiger partial charge in [-0.25, -0.2) is 9.18 Å². The fraction of sp³-hybridized carbons (Fsp3) is 0.500. The molecular weight excluding hydrogens is 349 g/mol. The molecule has 6 nitrogen and oxygen atoms in total. The zero-order valence-corrected chi connectivity index (χ0v) is 16.0. The molecule has 0 bridgehead atoms. The summed E-state index contributed by atoms with van der Waals surface area (Å²) in [4.78, 5) is 26.0. The quantitative estimate of drug-likeness (QED) is 0.858. The first kappa shape index (κ1) is 19.4. The first-order valence-corrected chi connectivity index (χ1v) is 9.40. The number of piperidine rings is 1. The number of fused-ring (bicyclic) bond motifs is 1. The van der Waals surface area contributed by atoms with Gasteiger partial charge in [-0.05, 0) is 37.8 Å². The Balaban J connectivity index is 2.24. The van der Waals surface area contributed by atoms with Crippen molar-refractivity contribution in [1.82, 2.24) is 4.57 Å². The minimum atomic E-state index is -1.30. The lowest BCUT2D eigenvalue weighted by Gasteiger charge is -2.39. The highest BCUT2D eigenvalue weighted by atomic mass is 19.1. The molecule has 1 aliphatic heterocycles. The molecule has 2 aromatic rings. The standard InChI is InChI=1S/C20H26FN3O3/c1-4-12-9-24(7-6-16(12)22)18-11(3)17-13(8-15(18)21)19(25)14(20(26)27)10-23(17)5-2/h8,10,12,16H,4-7,9,22H2,1-3H3,(H,26,27). The van der Waals surface area contributed by atoms with E-state index in [-0.39, 0.29) is 22.9 Å². The molecule has 1 aliphatic rings. The Morgan fingerprint density at radius 1 is 1.41 bits per heavy atom. The number of anilines is 1. The highest BCUT2D eigenvalue weighted by Gasteiger charge is 2.29. The fourth-order valence-electron chi connectivity index (χ4n) is 4.20. The number of carboxylic acid groups (broad SMARTS) is 1. The van der Waals surface area contributed by atoms with Crippen molar-refractivity contribution in [3.05, 3.63) is 39.4 Å². The number of nitrogens with two attached hydrogens (primary N) is 1. The van der Waals surface area contributed by atoms with Crippen LogP contribution in [-0.4, -0.2) is 34.8 Å². The van der Waals surface area contributed by atoms with Gasteiger partial charge in [-0.2, -0.15) is 0 Å². The monoisotopic (exact) mass is 375 g/mol. The van der Waals surface area contributed by atoms with Crippen LogP contribution in [0.2, 0.25) is 0 Å². The summed E-state index contributed by atoms with van der Waals surface area (Å²) in [6.07, 6.45) is 3.06. The molecular formula is C20H26FN3O3. The van der Waals surface area contributed by atoms with Crippen molar-refractivity contribution in [3.63, 3.8) is 0 Å². The van der Waals surface area contributed by atoms with Gasteiger partial charge in [0.05, 0.1) is 11.2 Å². The van der Waals surface area contributed by atoms with Crippen LogP contribution in [0.4, 0.5) is 10.1 Å². The van der Waals surface area contributed by atoms with Crippen LogP contribution >= 0.6 is 0 Å². The molecule has 0 amide bonds. The number of rotatable bonds is 4. The third-order valence-electron chi connectivity index (χ3n) is 5.73. The Labute approximate surface area is 157 Å². The van der Waals surface area contributed by atoms with Gasteiger partial charge in [0.1, 0.15) is 11.4 Å². The van der Waals surface area contributed by atoms with Crippen LogP contribution < -0.4 is 16.1 Å². The lowest BCUT2D eigenvalue weighted by molar-refractivity contribution is 0.0695. The van der Waals surface area contributed by atoms with Gasteiger partial charge in [-0.1, -0.05) is 13.3 Å². The van der Waals surface area contributed by atoms with E-state index in [1.54, 1.807) is 11.5 Å². The number of aryl methyl sites for hydroxylation is 2. The minimum absolute atomic E-state index is 0.108. The number of nitrogens with zero attached hydrogens (tertiary/aromatic N) is 2. The minimum Gasteiger partial charge on any atom is -0.477 e. The van der Waals surface area contributed by atoms with E-state index in [1.165, 1.54) is 12.3 Å². The zero-order valence-electron chi connectivity index (χ0n) is 16.0. The second-order valence-electron chi connectivity index (χ2n) is 7.26. The topological polar surface area (TPSA) is 88.6 Å². The van der Waals surface area contributed by atoms with Crippen LogP contribution in [0.3, 0.4) is 0 Å². The van der Waals surface area contributed by atoms with Crippen molar-refractivity contribution in [1.29, 1.82) is 0 Å². The second kappa shape index (κ2) is 7.31. The molecule has 1 saturated heterocycles. The molecule has 0 saturated carbocycles. The van der Waals surface area contributed by atoms with Gasteiger partial charge in [0, 0.05) is 37.3 Å². The van der Waals surface area contributed by atoms with Crippen molar-refractivity contribution < 1.29 is 14.3 Å². The SMILES string of the molecule is CCC1CN(c2c(F)cc3c(=O)c(C(=O)O)cn(CC)c3c2C)CCC1N. The summed E-state index contributed by atoms with van der Waals surface area (Å²) in [6, 6.07) is 1.30. The third-order valence-corrected chi connectivity index (χ3v) is 5.73. The van der Waals surface area contributed by atoms with E-state index in [0.29, 0.717) is 36.4 Å². The highest BCUT2D eigenvalue weighted by molar-refractivity contribution is 5.95. The maximum absolute atomic E-state index is 15.1. The van der Waals surface area contributed by atoms with Crippen LogP contribution in [-0.2, 0) is 6.54 Å². The average Bonchev–Trinajstić information content (AvgIpc) is 2.63. The van der Waals surface area contributed by atoms with E-state index in [9.17, 15) is 14.7 Å². The maximum atomic E-state index is 15.1. The van der Waals surface area contributed by atoms with Crippen molar-refractivity contribution in [2.75, 3.05) is 18.0 Å². The van der Waals surface area contributed by atoms with Crippen LogP contribution in [0.5, 0.6) is 0 Å². The van der Waals surface area contributed by atoms with E-state index in [4.69, 9.17) is 5.73 Å². The fourth-order valence-corrected chi connectivity index (χ4v) is 4.20. The Kier molecular flexibility index (Phi) is 5.24. The molecule has 1 aromatic heterocycles. The summed E-state index contributed by atoms with van der Waals surface area (Å²) >= 11 is 0. The first-order valence-electron chi connectivity index (χ1n) is 9.40. The largest absolute Gasteiger partial charge is 0.477 e. The maximum Gasteiger partial charge on any atom is 0.341 e. The predicted octanol–water partition coefficient (Wildman–Crippen LogP) is 2.73. The van der Waals surface area contributed by atoms with Crippen LogP contribution in [0.1, 0.15) is 42.6 Å². The Morgan fingerprint density at radius 2 is 2.11 bits per heavy atom. The third kappa shape index (κ3) is 3.20. The number of carbonyl (C=O) groups is 1. The Bertz CT molecular complexity index is 954. The highest BCUT2D eigenvalue weighted by Crippen LogP contribution is 2.33. The summed E-state index contributed by atoms with van der Waals surface area (Å²) in [7, 11) is 0. The summed E-state index contributed by atoms with van der Waals surface area (Å²) in [5.41, 5.74) is 6.93.